The fraction of sp³-hybridized carbons (Fsp3) is 0.556. The first-order valence-electron chi connectivity index (χ1n) is 8.69. The predicted molar refractivity (Wildman–Crippen MR) is 89.1 cm³/mol. The van der Waals surface area contributed by atoms with E-state index in [0.29, 0.717) is 24.9 Å². The Morgan fingerprint density at radius 3 is 2.38 bits per heavy atom. The fourth-order valence-electron chi connectivity index (χ4n) is 3.08. The highest BCUT2D eigenvalue weighted by Crippen LogP contribution is 2.27. The van der Waals surface area contributed by atoms with Crippen molar-refractivity contribution < 1.29 is 14.0 Å². The lowest BCUT2D eigenvalue weighted by molar-refractivity contribution is -0.133. The SMILES string of the molecule is O=C(NCCCC(=O)N1CCN(C2CC2)CC1)c1ccc(F)cc1. The van der Waals surface area contributed by atoms with Gasteiger partial charge in [0.25, 0.3) is 5.91 Å². The predicted octanol–water partition coefficient (Wildman–Crippen LogP) is 1.64. The van der Waals surface area contributed by atoms with Crippen LogP contribution in [0.1, 0.15) is 36.0 Å². The van der Waals surface area contributed by atoms with E-state index in [2.05, 4.69) is 10.2 Å². The van der Waals surface area contributed by atoms with Crippen molar-refractivity contribution >= 4 is 11.8 Å². The molecule has 0 unspecified atom stereocenters. The van der Waals surface area contributed by atoms with Gasteiger partial charge in [0.1, 0.15) is 5.82 Å². The number of halogens is 1. The lowest BCUT2D eigenvalue weighted by atomic mass is 10.2. The Labute approximate surface area is 141 Å². The molecule has 1 N–H and O–H groups in total. The van der Waals surface area contributed by atoms with Crippen molar-refractivity contribution in [2.75, 3.05) is 32.7 Å². The Kier molecular flexibility index (Phi) is 5.45. The number of amides is 2. The summed E-state index contributed by atoms with van der Waals surface area (Å²) in [6.07, 6.45) is 3.69. The third-order valence-corrected chi connectivity index (χ3v) is 4.69. The molecule has 6 heteroatoms. The minimum Gasteiger partial charge on any atom is -0.352 e. The minimum absolute atomic E-state index is 0.168. The van der Waals surface area contributed by atoms with E-state index in [1.165, 1.54) is 37.1 Å². The Balaban J connectivity index is 1.32. The molecule has 0 aromatic heterocycles. The monoisotopic (exact) mass is 333 g/mol. The number of rotatable bonds is 6. The number of carbonyl (C=O) groups excluding carboxylic acids is 2. The number of hydrogen-bond donors (Lipinski definition) is 1. The average Bonchev–Trinajstić information content (AvgIpc) is 3.44. The van der Waals surface area contributed by atoms with Crippen LogP contribution in [-0.4, -0.2) is 60.4 Å². The van der Waals surface area contributed by atoms with Crippen LogP contribution in [0.4, 0.5) is 4.39 Å². The van der Waals surface area contributed by atoms with Crippen LogP contribution in [0.25, 0.3) is 0 Å². The van der Waals surface area contributed by atoms with Gasteiger partial charge >= 0.3 is 0 Å². The van der Waals surface area contributed by atoms with Crippen LogP contribution in [0.15, 0.2) is 24.3 Å². The van der Waals surface area contributed by atoms with E-state index < -0.39 is 0 Å². The standard InChI is InChI=1S/C18H24FN3O2/c19-15-5-3-14(4-6-15)18(24)20-9-1-2-17(23)22-12-10-21(11-13-22)16-7-8-16/h3-6,16H,1-2,7-13H2,(H,20,24). The van der Waals surface area contributed by atoms with E-state index in [0.717, 1.165) is 32.2 Å². The molecular formula is C18H24FN3O2. The van der Waals surface area contributed by atoms with Crippen LogP contribution in [-0.2, 0) is 4.79 Å². The molecule has 1 saturated heterocycles. The molecule has 1 aromatic rings. The highest BCUT2D eigenvalue weighted by molar-refractivity contribution is 5.94. The summed E-state index contributed by atoms with van der Waals surface area (Å²) in [4.78, 5) is 28.5. The van der Waals surface area contributed by atoms with Crippen molar-refractivity contribution in [3.8, 4) is 0 Å². The normalized spacial score (nSPS) is 18.5. The van der Waals surface area contributed by atoms with Gasteiger partial charge in [-0.05, 0) is 43.5 Å². The molecule has 1 aliphatic carbocycles. The van der Waals surface area contributed by atoms with E-state index >= 15 is 0 Å². The number of benzene rings is 1. The average molecular weight is 333 g/mol. The van der Waals surface area contributed by atoms with Crippen molar-refractivity contribution in [1.82, 2.24) is 15.1 Å². The maximum absolute atomic E-state index is 12.8. The van der Waals surface area contributed by atoms with Gasteiger partial charge in [0.15, 0.2) is 0 Å². The van der Waals surface area contributed by atoms with Crippen LogP contribution in [0.3, 0.4) is 0 Å². The highest BCUT2D eigenvalue weighted by Gasteiger charge is 2.31. The third kappa shape index (κ3) is 4.54. The van der Waals surface area contributed by atoms with Gasteiger partial charge in [-0.3, -0.25) is 14.5 Å². The van der Waals surface area contributed by atoms with Crippen molar-refractivity contribution in [3.63, 3.8) is 0 Å². The molecule has 0 bridgehead atoms. The number of nitrogens with one attached hydrogen (secondary N) is 1. The summed E-state index contributed by atoms with van der Waals surface area (Å²) in [5.74, 6) is -0.430. The zero-order chi connectivity index (χ0) is 16.9. The van der Waals surface area contributed by atoms with Gasteiger partial charge in [0.2, 0.25) is 5.91 Å². The Morgan fingerprint density at radius 2 is 1.75 bits per heavy atom. The van der Waals surface area contributed by atoms with Crippen LogP contribution in [0, 0.1) is 5.82 Å². The maximum atomic E-state index is 12.8. The van der Waals surface area contributed by atoms with E-state index in [1.54, 1.807) is 0 Å². The van der Waals surface area contributed by atoms with Gasteiger partial charge in [-0.15, -0.1) is 0 Å². The summed E-state index contributed by atoms with van der Waals surface area (Å²) in [6, 6.07) is 6.20. The van der Waals surface area contributed by atoms with Crippen molar-refractivity contribution in [2.45, 2.75) is 31.7 Å². The Bertz CT molecular complexity index is 578. The number of piperazine rings is 1. The summed E-state index contributed by atoms with van der Waals surface area (Å²) >= 11 is 0. The van der Waals surface area contributed by atoms with E-state index in [-0.39, 0.29) is 17.6 Å². The van der Waals surface area contributed by atoms with Crippen molar-refractivity contribution in [2.24, 2.45) is 0 Å². The largest absolute Gasteiger partial charge is 0.352 e. The molecule has 0 radical (unpaired) electrons. The first-order chi connectivity index (χ1) is 11.6. The second-order valence-corrected chi connectivity index (χ2v) is 6.51. The summed E-state index contributed by atoms with van der Waals surface area (Å²) in [5, 5.41) is 2.77. The van der Waals surface area contributed by atoms with Gasteiger partial charge in [-0.2, -0.15) is 0 Å². The zero-order valence-electron chi connectivity index (χ0n) is 13.8. The molecule has 5 nitrogen and oxygen atoms in total. The van der Waals surface area contributed by atoms with Gasteiger partial charge in [-0.25, -0.2) is 4.39 Å². The van der Waals surface area contributed by atoms with Crippen LogP contribution < -0.4 is 5.32 Å². The van der Waals surface area contributed by atoms with Crippen LogP contribution >= 0.6 is 0 Å². The van der Waals surface area contributed by atoms with Crippen molar-refractivity contribution in [3.05, 3.63) is 35.6 Å². The zero-order valence-corrected chi connectivity index (χ0v) is 13.8. The van der Waals surface area contributed by atoms with Crippen LogP contribution in [0.5, 0.6) is 0 Å². The quantitative estimate of drug-likeness (QED) is 0.805. The second kappa shape index (κ2) is 7.75. The highest BCUT2D eigenvalue weighted by atomic mass is 19.1. The Morgan fingerprint density at radius 1 is 1.08 bits per heavy atom. The fourth-order valence-corrected chi connectivity index (χ4v) is 3.08. The first kappa shape index (κ1) is 16.9. The summed E-state index contributed by atoms with van der Waals surface area (Å²) in [6.45, 7) is 4.05. The van der Waals surface area contributed by atoms with Gasteiger partial charge in [0.05, 0.1) is 0 Å². The topological polar surface area (TPSA) is 52.7 Å². The molecule has 1 heterocycles. The smallest absolute Gasteiger partial charge is 0.251 e. The summed E-state index contributed by atoms with van der Waals surface area (Å²) in [7, 11) is 0. The molecule has 0 atom stereocenters. The van der Waals surface area contributed by atoms with E-state index in [9.17, 15) is 14.0 Å². The summed E-state index contributed by atoms with van der Waals surface area (Å²) < 4.78 is 12.8. The van der Waals surface area contributed by atoms with Crippen molar-refractivity contribution in [1.29, 1.82) is 0 Å². The van der Waals surface area contributed by atoms with E-state index in [4.69, 9.17) is 0 Å². The molecule has 24 heavy (non-hydrogen) atoms. The molecule has 1 aliphatic heterocycles. The van der Waals surface area contributed by atoms with Gasteiger partial charge < -0.3 is 10.2 Å². The molecule has 3 rings (SSSR count). The van der Waals surface area contributed by atoms with Gasteiger partial charge in [0, 0.05) is 50.7 Å². The maximum Gasteiger partial charge on any atom is 0.251 e. The van der Waals surface area contributed by atoms with E-state index in [1.807, 2.05) is 4.90 Å². The molecule has 130 valence electrons. The molecule has 2 aliphatic rings. The third-order valence-electron chi connectivity index (χ3n) is 4.69. The number of nitrogens with zero attached hydrogens (tertiary/aromatic N) is 2. The molecular weight excluding hydrogens is 309 g/mol. The summed E-state index contributed by atoms with van der Waals surface area (Å²) in [5.41, 5.74) is 0.430. The van der Waals surface area contributed by atoms with Gasteiger partial charge in [-0.1, -0.05) is 0 Å². The van der Waals surface area contributed by atoms with Crippen LogP contribution in [0.2, 0.25) is 0 Å². The molecule has 2 amide bonds. The lowest BCUT2D eigenvalue weighted by Gasteiger charge is -2.34. The molecule has 1 aromatic carbocycles. The minimum atomic E-state index is -0.362. The number of hydrogen-bond acceptors (Lipinski definition) is 3. The molecule has 0 spiro atoms. The lowest BCUT2D eigenvalue weighted by Crippen LogP contribution is -2.49. The Hall–Kier alpha value is -1.95. The first-order valence-corrected chi connectivity index (χ1v) is 8.69. The molecule has 1 saturated carbocycles. The molecule has 2 fully saturated rings. The number of carbonyl (C=O) groups is 2. The second-order valence-electron chi connectivity index (χ2n) is 6.51.